The average molecular weight is 569 g/mol. The van der Waals surface area contributed by atoms with Crippen LogP contribution in [0.4, 0.5) is 0 Å². The maximum Gasteiger partial charge on any atom is 0.0205 e. The molecule has 216 valence electrons. The van der Waals surface area contributed by atoms with Crippen molar-refractivity contribution in [1.82, 2.24) is 0 Å². The smallest absolute Gasteiger partial charge is 0.0205 e. The first kappa shape index (κ1) is 27.2. The van der Waals surface area contributed by atoms with E-state index in [4.69, 9.17) is 0 Å². The maximum absolute atomic E-state index is 2.51. The molecule has 0 bridgehead atoms. The molecule has 0 heterocycles. The number of hydrogen-bond acceptors (Lipinski definition) is 0. The fourth-order valence-corrected chi connectivity index (χ4v) is 8.37. The SMILES string of the molecule is CC(C)C1=C(C2=CC=C3c4cc5c(-c6ccccc6)ccc(-c6ccccc6)c5cc4C4=CC=CC2C43)C(C(C)C)CC=C1. The van der Waals surface area contributed by atoms with Crippen LogP contribution in [0.1, 0.15) is 45.2 Å². The lowest BCUT2D eigenvalue weighted by Gasteiger charge is -2.38. The molecule has 0 spiro atoms. The first-order chi connectivity index (χ1) is 21.5. The minimum atomic E-state index is 0.365. The number of fused-ring (bicyclic) bond motifs is 4. The molecule has 0 aromatic heterocycles. The Kier molecular flexibility index (Phi) is 6.56. The van der Waals surface area contributed by atoms with E-state index in [9.17, 15) is 0 Å². The van der Waals surface area contributed by atoms with Gasteiger partial charge in [-0.1, -0.05) is 143 Å². The Hall–Kier alpha value is -4.42. The fraction of sp³-hybridized carbons (Fsp3) is 0.227. The lowest BCUT2D eigenvalue weighted by Crippen LogP contribution is -2.26. The van der Waals surface area contributed by atoms with Gasteiger partial charge in [-0.3, -0.25) is 0 Å². The molecule has 0 aliphatic heterocycles. The van der Waals surface area contributed by atoms with Crippen molar-refractivity contribution in [2.45, 2.75) is 34.1 Å². The van der Waals surface area contributed by atoms with Crippen molar-refractivity contribution in [3.05, 3.63) is 155 Å². The molecule has 0 saturated carbocycles. The first-order valence-electron chi connectivity index (χ1n) is 16.4. The molecule has 4 aliphatic carbocycles. The zero-order valence-electron chi connectivity index (χ0n) is 26.2. The standard InChI is InChI=1S/C44H40/c1-27(2)31-17-11-18-32(28(3)4)43(31)37-23-24-38-42-26-40-34(30-15-9-6-10-16-30)22-21-33(29-13-7-5-8-14-29)39(40)25-41(42)36-20-12-19-35(37)44(36)38/h5-17,19-28,32,35,44H,18H2,1-4H3. The van der Waals surface area contributed by atoms with Crippen LogP contribution in [0.2, 0.25) is 0 Å². The van der Waals surface area contributed by atoms with Crippen LogP contribution >= 0.6 is 0 Å². The van der Waals surface area contributed by atoms with Crippen molar-refractivity contribution in [3.63, 3.8) is 0 Å². The van der Waals surface area contributed by atoms with Crippen molar-refractivity contribution in [3.8, 4) is 22.3 Å². The fourth-order valence-electron chi connectivity index (χ4n) is 8.37. The maximum atomic E-state index is 2.51. The minimum absolute atomic E-state index is 0.365. The van der Waals surface area contributed by atoms with Crippen LogP contribution in [0.3, 0.4) is 0 Å². The first-order valence-corrected chi connectivity index (χ1v) is 16.4. The minimum Gasteiger partial charge on any atom is -0.0836 e. The predicted octanol–water partition coefficient (Wildman–Crippen LogP) is 11.9. The summed E-state index contributed by atoms with van der Waals surface area (Å²) in [5.74, 6) is 2.41. The zero-order chi connectivity index (χ0) is 29.9. The highest BCUT2D eigenvalue weighted by molar-refractivity contribution is 6.10. The van der Waals surface area contributed by atoms with Crippen LogP contribution < -0.4 is 0 Å². The van der Waals surface area contributed by atoms with Gasteiger partial charge >= 0.3 is 0 Å². The van der Waals surface area contributed by atoms with E-state index in [-0.39, 0.29) is 0 Å². The van der Waals surface area contributed by atoms with E-state index in [1.165, 1.54) is 60.9 Å². The van der Waals surface area contributed by atoms with Crippen LogP contribution in [0.25, 0.3) is 44.2 Å². The Morgan fingerprint density at radius 3 is 1.75 bits per heavy atom. The largest absolute Gasteiger partial charge is 0.0836 e. The van der Waals surface area contributed by atoms with Crippen molar-refractivity contribution >= 4 is 21.9 Å². The number of hydrogen-bond donors (Lipinski definition) is 0. The summed E-state index contributed by atoms with van der Waals surface area (Å²) in [6.45, 7) is 9.53. The van der Waals surface area contributed by atoms with Gasteiger partial charge < -0.3 is 0 Å². The highest BCUT2D eigenvalue weighted by Crippen LogP contribution is 2.58. The van der Waals surface area contributed by atoms with Crippen LogP contribution in [-0.2, 0) is 0 Å². The van der Waals surface area contributed by atoms with Gasteiger partial charge in [-0.05, 0) is 108 Å². The average Bonchev–Trinajstić information content (AvgIpc) is 3.37. The van der Waals surface area contributed by atoms with Crippen LogP contribution in [0, 0.1) is 29.6 Å². The second kappa shape index (κ2) is 10.6. The van der Waals surface area contributed by atoms with E-state index in [0.29, 0.717) is 29.6 Å². The Balaban J connectivity index is 1.36. The van der Waals surface area contributed by atoms with Gasteiger partial charge in [0.25, 0.3) is 0 Å². The van der Waals surface area contributed by atoms with Gasteiger partial charge in [0.05, 0.1) is 0 Å². The lowest BCUT2D eigenvalue weighted by molar-refractivity contribution is 0.431. The van der Waals surface area contributed by atoms with Gasteiger partial charge in [-0.2, -0.15) is 0 Å². The van der Waals surface area contributed by atoms with Crippen molar-refractivity contribution in [1.29, 1.82) is 0 Å². The van der Waals surface area contributed by atoms with Gasteiger partial charge in [0, 0.05) is 11.8 Å². The lowest BCUT2D eigenvalue weighted by atomic mass is 9.65. The molecule has 8 rings (SSSR count). The van der Waals surface area contributed by atoms with Crippen LogP contribution in [0.5, 0.6) is 0 Å². The molecule has 4 aromatic rings. The molecular weight excluding hydrogens is 528 g/mol. The molecule has 0 amide bonds. The second-order valence-electron chi connectivity index (χ2n) is 13.6. The van der Waals surface area contributed by atoms with Crippen molar-refractivity contribution in [2.75, 3.05) is 0 Å². The summed E-state index contributed by atoms with van der Waals surface area (Å²) >= 11 is 0. The van der Waals surface area contributed by atoms with Crippen LogP contribution in [-0.4, -0.2) is 0 Å². The monoisotopic (exact) mass is 568 g/mol. The van der Waals surface area contributed by atoms with Gasteiger partial charge in [-0.15, -0.1) is 0 Å². The summed E-state index contributed by atoms with van der Waals surface area (Å²) in [4.78, 5) is 0. The third-order valence-corrected chi connectivity index (χ3v) is 10.5. The highest BCUT2D eigenvalue weighted by Gasteiger charge is 2.43. The third kappa shape index (κ3) is 4.19. The van der Waals surface area contributed by atoms with Gasteiger partial charge in [0.1, 0.15) is 0 Å². The number of rotatable bonds is 5. The molecule has 0 heteroatoms. The molecule has 3 unspecified atom stereocenters. The highest BCUT2D eigenvalue weighted by atomic mass is 14.5. The zero-order valence-corrected chi connectivity index (χ0v) is 26.2. The summed E-state index contributed by atoms with van der Waals surface area (Å²) in [6.07, 6.45) is 18.2. The quantitative estimate of drug-likeness (QED) is 0.225. The van der Waals surface area contributed by atoms with E-state index in [2.05, 4.69) is 155 Å². The normalized spacial score (nSPS) is 21.9. The molecule has 3 atom stereocenters. The van der Waals surface area contributed by atoms with Gasteiger partial charge in [-0.25, -0.2) is 0 Å². The van der Waals surface area contributed by atoms with Crippen molar-refractivity contribution < 1.29 is 0 Å². The number of benzene rings is 4. The summed E-state index contributed by atoms with van der Waals surface area (Å²) in [5.41, 5.74) is 15.6. The number of allylic oxidation sites excluding steroid dienone is 12. The van der Waals surface area contributed by atoms with E-state index in [0.717, 1.165) is 6.42 Å². The second-order valence-corrected chi connectivity index (χ2v) is 13.6. The Labute approximate surface area is 262 Å². The molecule has 0 N–H and O–H groups in total. The topological polar surface area (TPSA) is 0 Å². The summed E-state index contributed by atoms with van der Waals surface area (Å²) in [5, 5.41) is 2.66. The predicted molar refractivity (Wildman–Crippen MR) is 189 cm³/mol. The third-order valence-electron chi connectivity index (χ3n) is 10.5. The van der Waals surface area contributed by atoms with E-state index < -0.39 is 0 Å². The molecular formula is C44H40. The molecule has 0 saturated heterocycles. The Bertz CT molecular complexity index is 1970. The van der Waals surface area contributed by atoms with Crippen LogP contribution in [0.15, 0.2) is 144 Å². The summed E-state index contributed by atoms with van der Waals surface area (Å²) < 4.78 is 0. The van der Waals surface area contributed by atoms with E-state index in [1.54, 1.807) is 11.1 Å². The van der Waals surface area contributed by atoms with Crippen molar-refractivity contribution in [2.24, 2.45) is 29.6 Å². The molecule has 4 aromatic carbocycles. The molecule has 44 heavy (non-hydrogen) atoms. The molecule has 0 radical (unpaired) electrons. The van der Waals surface area contributed by atoms with E-state index in [1.807, 2.05) is 0 Å². The molecule has 0 nitrogen and oxygen atoms in total. The molecule has 4 aliphatic rings. The Morgan fingerprint density at radius 1 is 0.614 bits per heavy atom. The molecule has 0 fully saturated rings. The Morgan fingerprint density at radius 2 is 1.18 bits per heavy atom. The van der Waals surface area contributed by atoms with E-state index >= 15 is 0 Å². The summed E-state index contributed by atoms with van der Waals surface area (Å²) in [6, 6.07) is 31.5. The van der Waals surface area contributed by atoms with Gasteiger partial charge in [0.15, 0.2) is 0 Å². The summed E-state index contributed by atoms with van der Waals surface area (Å²) in [7, 11) is 0. The van der Waals surface area contributed by atoms with Gasteiger partial charge in [0.2, 0.25) is 0 Å².